The van der Waals surface area contributed by atoms with Crippen LogP contribution in [0.2, 0.25) is 0 Å². The molecule has 1 aliphatic rings. The Balaban J connectivity index is 1.76. The zero-order valence-electron chi connectivity index (χ0n) is 11.3. The Morgan fingerprint density at radius 3 is 2.81 bits per heavy atom. The molecule has 0 fully saturated rings. The lowest BCUT2D eigenvalue weighted by molar-refractivity contribution is 0.437. The average Bonchev–Trinajstić information content (AvgIpc) is 3.15. The number of thiophene rings is 1. The van der Waals surface area contributed by atoms with Crippen LogP contribution >= 0.6 is 11.3 Å². The Labute approximate surface area is 126 Å². The largest absolute Gasteiger partial charge is 0.366 e. The minimum absolute atomic E-state index is 0.177. The van der Waals surface area contributed by atoms with Gasteiger partial charge in [0.25, 0.3) is 0 Å². The molecule has 21 heavy (non-hydrogen) atoms. The van der Waals surface area contributed by atoms with E-state index in [1.165, 1.54) is 10.4 Å². The fourth-order valence-electron chi connectivity index (χ4n) is 2.82. The number of aromatic nitrogens is 3. The second-order valence-corrected chi connectivity index (χ2v) is 6.09. The maximum Gasteiger partial charge on any atom is 0.241 e. The Morgan fingerprint density at radius 1 is 1.19 bits per heavy atom. The Kier molecular flexibility index (Phi) is 2.89. The summed E-state index contributed by atoms with van der Waals surface area (Å²) in [6.07, 6.45) is 0.931. The zero-order valence-corrected chi connectivity index (χ0v) is 12.1. The van der Waals surface area contributed by atoms with E-state index in [-0.39, 0.29) is 12.1 Å². The smallest absolute Gasteiger partial charge is 0.241 e. The van der Waals surface area contributed by atoms with Gasteiger partial charge in [0.2, 0.25) is 11.9 Å². The van der Waals surface area contributed by atoms with Gasteiger partial charge < -0.3 is 11.1 Å². The van der Waals surface area contributed by atoms with Crippen LogP contribution in [0.5, 0.6) is 0 Å². The number of benzene rings is 1. The summed E-state index contributed by atoms with van der Waals surface area (Å²) < 4.78 is 1.90. The van der Waals surface area contributed by atoms with Gasteiger partial charge in [0.15, 0.2) is 0 Å². The van der Waals surface area contributed by atoms with Gasteiger partial charge in [-0.25, -0.2) is 4.68 Å². The van der Waals surface area contributed by atoms with E-state index in [1.54, 1.807) is 11.3 Å². The van der Waals surface area contributed by atoms with Crippen LogP contribution in [0, 0.1) is 0 Å². The van der Waals surface area contributed by atoms with Crippen molar-refractivity contribution in [2.45, 2.75) is 18.5 Å². The highest BCUT2D eigenvalue weighted by molar-refractivity contribution is 7.10. The minimum Gasteiger partial charge on any atom is -0.366 e. The van der Waals surface area contributed by atoms with Gasteiger partial charge in [-0.2, -0.15) is 4.98 Å². The molecule has 3 N–H and O–H groups in total. The summed E-state index contributed by atoms with van der Waals surface area (Å²) >= 11 is 1.74. The lowest BCUT2D eigenvalue weighted by Crippen LogP contribution is -2.27. The minimum atomic E-state index is 0.177. The van der Waals surface area contributed by atoms with Crippen LogP contribution in [0.25, 0.3) is 0 Å². The molecule has 1 aliphatic heterocycles. The molecule has 5 nitrogen and oxygen atoms in total. The summed E-state index contributed by atoms with van der Waals surface area (Å²) in [5.41, 5.74) is 7.03. The highest BCUT2D eigenvalue weighted by Gasteiger charge is 2.31. The lowest BCUT2D eigenvalue weighted by Gasteiger charge is -2.30. The first-order valence-corrected chi connectivity index (χ1v) is 7.76. The Hall–Kier alpha value is -2.34. The van der Waals surface area contributed by atoms with Crippen molar-refractivity contribution in [2.24, 2.45) is 0 Å². The standard InChI is InChI=1S/C15H15N5S/c16-14-18-15-17-11(10-5-2-1-3-6-10)9-12(20(15)19-14)13-7-4-8-21-13/h1-8,11-12H,9H2,(H3,16,17,18,19)/t11-,12+/m0/s1. The third-order valence-corrected chi connectivity index (χ3v) is 4.75. The third kappa shape index (κ3) is 2.17. The summed E-state index contributed by atoms with van der Waals surface area (Å²) in [5.74, 6) is 1.05. The number of nitrogens with zero attached hydrogens (tertiary/aromatic N) is 3. The second kappa shape index (κ2) is 4.89. The number of nitrogens with two attached hydrogens (primary N) is 1. The van der Waals surface area contributed by atoms with Gasteiger partial charge in [0, 0.05) is 4.88 Å². The normalized spacial score (nSPS) is 20.8. The topological polar surface area (TPSA) is 68.8 Å². The van der Waals surface area contributed by atoms with E-state index >= 15 is 0 Å². The van der Waals surface area contributed by atoms with Crippen LogP contribution < -0.4 is 11.1 Å². The van der Waals surface area contributed by atoms with Gasteiger partial charge in [-0.1, -0.05) is 36.4 Å². The first-order chi connectivity index (χ1) is 10.3. The highest BCUT2D eigenvalue weighted by Crippen LogP contribution is 2.39. The fraction of sp³-hybridized carbons (Fsp3) is 0.200. The summed E-state index contributed by atoms with van der Waals surface area (Å²) in [4.78, 5) is 5.59. The lowest BCUT2D eigenvalue weighted by atomic mass is 9.97. The van der Waals surface area contributed by atoms with Crippen LogP contribution in [0.1, 0.15) is 28.9 Å². The zero-order chi connectivity index (χ0) is 14.2. The molecule has 2 aromatic heterocycles. The molecular formula is C15H15N5S. The molecule has 0 unspecified atom stereocenters. The van der Waals surface area contributed by atoms with E-state index in [0.717, 1.165) is 12.4 Å². The molecule has 0 radical (unpaired) electrons. The number of fused-ring (bicyclic) bond motifs is 1. The Morgan fingerprint density at radius 2 is 2.05 bits per heavy atom. The van der Waals surface area contributed by atoms with Crippen molar-refractivity contribution < 1.29 is 0 Å². The molecule has 0 bridgehead atoms. The number of rotatable bonds is 2. The van der Waals surface area contributed by atoms with Crippen LogP contribution in [0.4, 0.5) is 11.9 Å². The molecule has 2 atom stereocenters. The first-order valence-electron chi connectivity index (χ1n) is 6.88. The molecule has 0 amide bonds. The van der Waals surface area contributed by atoms with Crippen molar-refractivity contribution in [3.05, 3.63) is 58.3 Å². The van der Waals surface area contributed by atoms with Crippen molar-refractivity contribution in [1.82, 2.24) is 14.8 Å². The highest BCUT2D eigenvalue weighted by atomic mass is 32.1. The van der Waals surface area contributed by atoms with Crippen LogP contribution in [0.3, 0.4) is 0 Å². The van der Waals surface area contributed by atoms with Crippen LogP contribution in [0.15, 0.2) is 47.8 Å². The summed E-state index contributed by atoms with van der Waals surface area (Å²) in [5, 5.41) is 9.88. The van der Waals surface area contributed by atoms with E-state index in [0.29, 0.717) is 5.95 Å². The quantitative estimate of drug-likeness (QED) is 0.762. The Bertz CT molecular complexity index is 735. The van der Waals surface area contributed by atoms with Crippen molar-refractivity contribution in [3.8, 4) is 0 Å². The number of nitrogen functional groups attached to an aromatic ring is 1. The van der Waals surface area contributed by atoms with Gasteiger partial charge in [-0.05, 0) is 23.4 Å². The molecule has 3 aromatic rings. The molecule has 3 heterocycles. The average molecular weight is 297 g/mol. The number of anilines is 2. The van der Waals surface area contributed by atoms with Crippen molar-refractivity contribution in [1.29, 1.82) is 0 Å². The van der Waals surface area contributed by atoms with Gasteiger partial charge >= 0.3 is 0 Å². The molecule has 4 rings (SSSR count). The van der Waals surface area contributed by atoms with Crippen molar-refractivity contribution >= 4 is 23.2 Å². The first kappa shape index (κ1) is 12.4. The van der Waals surface area contributed by atoms with Gasteiger partial charge in [0.05, 0.1) is 12.1 Å². The fourth-order valence-corrected chi connectivity index (χ4v) is 3.64. The SMILES string of the molecule is Nc1nc2n(n1)[C@@H](c1cccs1)C[C@@H](c1ccccc1)N2. The van der Waals surface area contributed by atoms with Gasteiger partial charge in [0.1, 0.15) is 0 Å². The van der Waals surface area contributed by atoms with E-state index < -0.39 is 0 Å². The van der Waals surface area contributed by atoms with Crippen molar-refractivity contribution in [2.75, 3.05) is 11.1 Å². The number of nitrogens with one attached hydrogen (secondary N) is 1. The molecule has 0 saturated heterocycles. The summed E-state index contributed by atoms with van der Waals surface area (Å²) in [6, 6.07) is 15.0. The maximum absolute atomic E-state index is 5.78. The van der Waals surface area contributed by atoms with Gasteiger partial charge in [-0.3, -0.25) is 0 Å². The molecule has 1 aromatic carbocycles. The monoisotopic (exact) mass is 297 g/mol. The summed E-state index contributed by atoms with van der Waals surface area (Å²) in [6.45, 7) is 0. The molecule has 6 heteroatoms. The summed E-state index contributed by atoms with van der Waals surface area (Å²) in [7, 11) is 0. The van der Waals surface area contributed by atoms with E-state index in [1.807, 2.05) is 10.7 Å². The van der Waals surface area contributed by atoms with E-state index in [2.05, 4.69) is 57.2 Å². The van der Waals surface area contributed by atoms with E-state index in [9.17, 15) is 0 Å². The predicted octanol–water partition coefficient (Wildman–Crippen LogP) is 3.07. The maximum atomic E-state index is 5.78. The number of hydrogen-bond donors (Lipinski definition) is 2. The van der Waals surface area contributed by atoms with Crippen LogP contribution in [-0.4, -0.2) is 14.8 Å². The van der Waals surface area contributed by atoms with Gasteiger partial charge in [-0.15, -0.1) is 16.4 Å². The van der Waals surface area contributed by atoms with E-state index in [4.69, 9.17) is 5.73 Å². The molecule has 0 spiro atoms. The number of hydrogen-bond acceptors (Lipinski definition) is 5. The predicted molar refractivity (Wildman–Crippen MR) is 84.3 cm³/mol. The molecular weight excluding hydrogens is 282 g/mol. The third-order valence-electron chi connectivity index (χ3n) is 3.78. The molecule has 0 saturated carbocycles. The molecule has 106 valence electrons. The second-order valence-electron chi connectivity index (χ2n) is 5.11. The van der Waals surface area contributed by atoms with Crippen LogP contribution in [-0.2, 0) is 0 Å². The molecule has 0 aliphatic carbocycles. The van der Waals surface area contributed by atoms with Crippen molar-refractivity contribution in [3.63, 3.8) is 0 Å².